The van der Waals surface area contributed by atoms with E-state index in [1.165, 1.54) is 38.6 Å². The topological polar surface area (TPSA) is 6.48 Å². The summed E-state index contributed by atoms with van der Waals surface area (Å²) in [5, 5.41) is 0. The molecule has 0 atom stereocenters. The molecule has 0 saturated heterocycles. The van der Waals surface area contributed by atoms with E-state index >= 15 is 0 Å². The van der Waals surface area contributed by atoms with Gasteiger partial charge in [-0.05, 0) is 6.42 Å². The molecule has 2 nitrogen and oxygen atoms in total. The van der Waals surface area contributed by atoms with Gasteiger partial charge in [0.25, 0.3) is 0 Å². The van der Waals surface area contributed by atoms with Crippen LogP contribution in [0.5, 0.6) is 0 Å². The van der Waals surface area contributed by atoms with E-state index in [1.807, 2.05) is 0 Å². The Kier molecular flexibility index (Phi) is 12.4. The van der Waals surface area contributed by atoms with Gasteiger partial charge in [0, 0.05) is 26.0 Å². The molecular weight excluding hydrogens is 296 g/mol. The van der Waals surface area contributed by atoms with E-state index in [1.54, 1.807) is 0 Å². The van der Waals surface area contributed by atoms with Crippen molar-refractivity contribution in [2.24, 2.45) is 0 Å². The van der Waals surface area contributed by atoms with E-state index in [9.17, 15) is 0 Å². The molecule has 0 amide bonds. The molecule has 0 aromatic heterocycles. The van der Waals surface area contributed by atoms with Crippen molar-refractivity contribution >= 4 is 19.4 Å². The molecule has 0 aliphatic carbocycles. The molecule has 0 aromatic rings. The molecule has 0 N–H and O–H groups in total. The van der Waals surface area contributed by atoms with Crippen molar-refractivity contribution in [2.75, 3.05) is 20.3 Å². The van der Waals surface area contributed by atoms with Gasteiger partial charge in [0.15, 0.2) is 0 Å². The average molecular weight is 319 g/mol. The molecule has 1 aliphatic heterocycles. The minimum absolute atomic E-state index is 0.931. The number of nitrogens with zero attached hydrogens (tertiary/aromatic N) is 2. The number of rotatable bonds is 6. The monoisotopic (exact) mass is 316 g/mol. The Morgan fingerprint density at radius 3 is 2.25 bits per heavy atom. The van der Waals surface area contributed by atoms with E-state index < -0.39 is 15.1 Å². The second-order valence-electron chi connectivity index (χ2n) is 4.02. The Morgan fingerprint density at radius 2 is 1.75 bits per heavy atom. The Hall–Kier alpha value is 0.543. The molecule has 0 unspecified atom stereocenters. The molecule has 0 spiro atoms. The van der Waals surface area contributed by atoms with Crippen molar-refractivity contribution in [3.63, 3.8) is 0 Å². The van der Waals surface area contributed by atoms with Gasteiger partial charge in [-0.3, -0.25) is 0 Å². The van der Waals surface area contributed by atoms with E-state index in [4.69, 9.17) is 19.4 Å². The summed E-state index contributed by atoms with van der Waals surface area (Å²) in [5.74, 6) is 0. The SMILES string of the molecule is CCCCCCCN1C=CN(C)C1.[Cl][Zn][Cl]. The molecule has 1 rings (SSSR count). The summed E-state index contributed by atoms with van der Waals surface area (Å²) < 4.78 is 0. The first-order valence-electron chi connectivity index (χ1n) is 5.99. The van der Waals surface area contributed by atoms with Crippen LogP contribution in [0.3, 0.4) is 0 Å². The molecule has 16 heavy (non-hydrogen) atoms. The van der Waals surface area contributed by atoms with Crippen molar-refractivity contribution in [3.8, 4) is 0 Å². The van der Waals surface area contributed by atoms with Crippen LogP contribution in [0.2, 0.25) is 0 Å². The fraction of sp³-hybridized carbons (Fsp3) is 0.818. The zero-order chi connectivity index (χ0) is 12.2. The molecule has 0 fully saturated rings. The third-order valence-electron chi connectivity index (χ3n) is 2.49. The first kappa shape index (κ1) is 16.5. The van der Waals surface area contributed by atoms with Crippen molar-refractivity contribution in [1.82, 2.24) is 9.80 Å². The van der Waals surface area contributed by atoms with Gasteiger partial charge in [0.2, 0.25) is 0 Å². The maximum atomic E-state index is 4.95. The second kappa shape index (κ2) is 12.0. The molecule has 0 bridgehead atoms. The summed E-state index contributed by atoms with van der Waals surface area (Å²) in [6.45, 7) is 4.57. The molecule has 0 saturated carbocycles. The van der Waals surface area contributed by atoms with Crippen LogP contribution in [-0.2, 0) is 15.1 Å². The van der Waals surface area contributed by atoms with Crippen LogP contribution < -0.4 is 0 Å². The van der Waals surface area contributed by atoms with E-state index in [0.29, 0.717) is 0 Å². The van der Waals surface area contributed by atoms with Crippen LogP contribution in [0.15, 0.2) is 12.4 Å². The molecule has 0 aromatic carbocycles. The molecule has 0 radical (unpaired) electrons. The maximum absolute atomic E-state index is 4.95. The first-order chi connectivity index (χ1) is 7.74. The van der Waals surface area contributed by atoms with Crippen molar-refractivity contribution in [1.29, 1.82) is 0 Å². The van der Waals surface area contributed by atoms with Crippen molar-refractivity contribution < 1.29 is 15.1 Å². The van der Waals surface area contributed by atoms with Crippen LogP contribution in [0.4, 0.5) is 0 Å². The van der Waals surface area contributed by atoms with Gasteiger partial charge < -0.3 is 9.80 Å². The summed E-state index contributed by atoms with van der Waals surface area (Å²) in [4.78, 5) is 4.60. The Labute approximate surface area is 116 Å². The standard InChI is InChI=1S/C11H22N2.2ClH.Zn/c1-3-4-5-6-7-8-13-10-9-12(2)11-13;;;/h9-10H,3-8,11H2,1-2H3;2*1H;/q;;;+2/p-2. The zero-order valence-electron chi connectivity index (χ0n) is 10.5. The predicted octanol–water partition coefficient (Wildman–Crippen LogP) is 4.01. The van der Waals surface area contributed by atoms with Gasteiger partial charge in [-0.15, -0.1) is 0 Å². The third-order valence-corrected chi connectivity index (χ3v) is 2.49. The quantitative estimate of drug-likeness (QED) is 0.539. The summed E-state index contributed by atoms with van der Waals surface area (Å²) in [6, 6.07) is 0. The average Bonchev–Trinajstić information content (AvgIpc) is 2.65. The Balaban J connectivity index is 0.000000673. The van der Waals surface area contributed by atoms with E-state index in [-0.39, 0.29) is 0 Å². The molecule has 92 valence electrons. The van der Waals surface area contributed by atoms with E-state index in [0.717, 1.165) is 6.67 Å². The second-order valence-corrected chi connectivity index (χ2v) is 8.65. The van der Waals surface area contributed by atoms with Crippen molar-refractivity contribution in [3.05, 3.63) is 12.4 Å². The van der Waals surface area contributed by atoms with Gasteiger partial charge in [0.05, 0.1) is 6.67 Å². The van der Waals surface area contributed by atoms with Gasteiger partial charge in [-0.25, -0.2) is 0 Å². The number of hydrogen-bond donors (Lipinski definition) is 0. The number of halogens is 2. The van der Waals surface area contributed by atoms with Crippen LogP contribution >= 0.6 is 19.4 Å². The van der Waals surface area contributed by atoms with Crippen molar-refractivity contribution in [2.45, 2.75) is 39.0 Å². The molecule has 1 heterocycles. The first-order valence-corrected chi connectivity index (χ1v) is 13.8. The van der Waals surface area contributed by atoms with E-state index in [2.05, 4.69) is 36.2 Å². The molecule has 5 heteroatoms. The summed E-state index contributed by atoms with van der Waals surface area (Å²) in [6.07, 6.45) is 11.2. The number of unbranched alkanes of at least 4 members (excludes halogenated alkanes) is 4. The van der Waals surface area contributed by atoms with Gasteiger partial charge in [0.1, 0.15) is 0 Å². The predicted molar refractivity (Wildman–Crippen MR) is 68.9 cm³/mol. The molecular formula is C11H22Cl2N2Zn. The summed E-state index contributed by atoms with van der Waals surface area (Å²) in [5.41, 5.74) is 0. The van der Waals surface area contributed by atoms with Gasteiger partial charge in [-0.2, -0.15) is 0 Å². The van der Waals surface area contributed by atoms with Crippen LogP contribution in [0.25, 0.3) is 0 Å². The summed E-state index contributed by atoms with van der Waals surface area (Å²) in [7, 11) is 12.0. The normalized spacial score (nSPS) is 13.5. The fourth-order valence-corrected chi connectivity index (χ4v) is 1.65. The zero-order valence-corrected chi connectivity index (χ0v) is 14.9. The van der Waals surface area contributed by atoms with Gasteiger partial charge in [-0.1, -0.05) is 32.6 Å². The molecule has 1 aliphatic rings. The van der Waals surface area contributed by atoms with Crippen LogP contribution in [-0.4, -0.2) is 30.1 Å². The number of hydrogen-bond acceptors (Lipinski definition) is 2. The third kappa shape index (κ3) is 9.75. The van der Waals surface area contributed by atoms with Gasteiger partial charge >= 0.3 is 34.5 Å². The van der Waals surface area contributed by atoms with Crippen LogP contribution in [0.1, 0.15) is 39.0 Å². The fourth-order valence-electron chi connectivity index (χ4n) is 1.65. The van der Waals surface area contributed by atoms with Crippen LogP contribution in [0, 0.1) is 0 Å². The Morgan fingerprint density at radius 1 is 1.12 bits per heavy atom. The Bertz CT molecular complexity index is 179. The summed E-state index contributed by atoms with van der Waals surface area (Å²) >= 11 is -0.931. The minimum atomic E-state index is -0.931.